The lowest BCUT2D eigenvalue weighted by Crippen LogP contribution is -2.51. The summed E-state index contributed by atoms with van der Waals surface area (Å²) in [5.41, 5.74) is -0.0512. The summed E-state index contributed by atoms with van der Waals surface area (Å²) >= 11 is 5.90. The van der Waals surface area contributed by atoms with Gasteiger partial charge in [0.1, 0.15) is 11.6 Å². The molecule has 3 amide bonds. The Hall–Kier alpha value is -2.28. The summed E-state index contributed by atoms with van der Waals surface area (Å²) < 4.78 is 5.27. The van der Waals surface area contributed by atoms with Gasteiger partial charge in [-0.1, -0.05) is 25.4 Å². The number of ether oxygens (including phenoxy) is 1. The fraction of sp³-hybridized carbons (Fsp3) is 0.625. The molecule has 32 heavy (non-hydrogen) atoms. The van der Waals surface area contributed by atoms with Crippen LogP contribution in [0.4, 0.5) is 4.79 Å². The van der Waals surface area contributed by atoms with E-state index in [1.807, 2.05) is 39.5 Å². The third kappa shape index (κ3) is 8.69. The Labute approximate surface area is 196 Å². The maximum Gasteiger partial charge on any atom is 0.407 e. The van der Waals surface area contributed by atoms with Crippen molar-refractivity contribution in [1.82, 2.24) is 15.5 Å². The van der Waals surface area contributed by atoms with Gasteiger partial charge in [0, 0.05) is 30.2 Å². The largest absolute Gasteiger partial charge is 0.444 e. The first-order chi connectivity index (χ1) is 14.9. The minimum absolute atomic E-state index is 0.0560. The summed E-state index contributed by atoms with van der Waals surface area (Å²) in [5, 5.41) is 6.28. The van der Waals surface area contributed by atoms with Crippen molar-refractivity contribution in [2.45, 2.75) is 65.5 Å². The summed E-state index contributed by atoms with van der Waals surface area (Å²) in [4.78, 5) is 39.5. The second-order valence-corrected chi connectivity index (χ2v) is 10.3. The van der Waals surface area contributed by atoms with Crippen LogP contribution >= 0.6 is 11.6 Å². The van der Waals surface area contributed by atoms with Gasteiger partial charge in [0.2, 0.25) is 5.91 Å². The molecule has 7 nitrogen and oxygen atoms in total. The van der Waals surface area contributed by atoms with Gasteiger partial charge in [-0.15, -0.1) is 0 Å². The molecule has 1 unspecified atom stereocenters. The second-order valence-electron chi connectivity index (χ2n) is 9.81. The molecule has 2 rings (SSSR count). The molecule has 1 saturated heterocycles. The van der Waals surface area contributed by atoms with Crippen molar-refractivity contribution >= 4 is 29.5 Å². The van der Waals surface area contributed by atoms with Crippen LogP contribution in [0, 0.1) is 11.8 Å². The SMILES string of the molecule is CC(C)CC(NC(=O)c1ccc(Cl)cc1)C(=O)N1CCC(CNC(=O)OC(C)(C)C)CC1. The van der Waals surface area contributed by atoms with E-state index in [0.29, 0.717) is 42.6 Å². The van der Waals surface area contributed by atoms with Gasteiger partial charge in [-0.25, -0.2) is 4.79 Å². The standard InChI is InChI=1S/C24H36ClN3O4/c1-16(2)14-20(27-21(29)18-6-8-19(25)9-7-18)22(30)28-12-10-17(11-13-28)15-26-23(31)32-24(3,4)5/h6-9,16-17,20H,10-15H2,1-5H3,(H,26,31)(H,27,29). The average Bonchev–Trinajstić information content (AvgIpc) is 2.70. The zero-order valence-corrected chi connectivity index (χ0v) is 20.5. The van der Waals surface area contributed by atoms with Crippen LogP contribution in [0.1, 0.15) is 64.2 Å². The van der Waals surface area contributed by atoms with Gasteiger partial charge in [-0.3, -0.25) is 9.59 Å². The van der Waals surface area contributed by atoms with Crippen molar-refractivity contribution in [2.75, 3.05) is 19.6 Å². The molecule has 178 valence electrons. The minimum atomic E-state index is -0.574. The molecule has 2 N–H and O–H groups in total. The van der Waals surface area contributed by atoms with Crippen LogP contribution in [0.2, 0.25) is 5.02 Å². The van der Waals surface area contributed by atoms with E-state index in [-0.39, 0.29) is 17.7 Å². The van der Waals surface area contributed by atoms with Gasteiger partial charge in [0.05, 0.1) is 0 Å². The Morgan fingerprint density at radius 2 is 1.72 bits per heavy atom. The van der Waals surface area contributed by atoms with Crippen LogP contribution in [0.15, 0.2) is 24.3 Å². The van der Waals surface area contributed by atoms with Crippen LogP contribution in [0.5, 0.6) is 0 Å². The predicted molar refractivity (Wildman–Crippen MR) is 126 cm³/mol. The van der Waals surface area contributed by atoms with Crippen LogP contribution in [-0.4, -0.2) is 54.1 Å². The second kappa shape index (κ2) is 11.5. The highest BCUT2D eigenvalue weighted by molar-refractivity contribution is 6.30. The number of hydrogen-bond donors (Lipinski definition) is 2. The molecular formula is C24H36ClN3O4. The number of nitrogens with zero attached hydrogens (tertiary/aromatic N) is 1. The van der Waals surface area contributed by atoms with E-state index >= 15 is 0 Å². The molecule has 0 aliphatic carbocycles. The fourth-order valence-corrected chi connectivity index (χ4v) is 3.78. The molecule has 0 spiro atoms. The number of likely N-dealkylation sites (tertiary alicyclic amines) is 1. The van der Waals surface area contributed by atoms with Gasteiger partial charge in [-0.2, -0.15) is 0 Å². The minimum Gasteiger partial charge on any atom is -0.444 e. The van der Waals surface area contributed by atoms with Crippen LogP contribution < -0.4 is 10.6 Å². The number of nitrogens with one attached hydrogen (secondary N) is 2. The topological polar surface area (TPSA) is 87.7 Å². The number of alkyl carbamates (subject to hydrolysis) is 1. The number of carbonyl (C=O) groups is 3. The summed E-state index contributed by atoms with van der Waals surface area (Å²) in [5.74, 6) is 0.209. The number of hydrogen-bond acceptors (Lipinski definition) is 4. The lowest BCUT2D eigenvalue weighted by molar-refractivity contribution is -0.135. The lowest BCUT2D eigenvalue weighted by Gasteiger charge is -2.35. The molecule has 1 fully saturated rings. The third-order valence-corrected chi connectivity index (χ3v) is 5.53. The molecule has 0 radical (unpaired) electrons. The van der Waals surface area contributed by atoms with E-state index in [2.05, 4.69) is 10.6 Å². The van der Waals surface area contributed by atoms with Crippen molar-refractivity contribution in [3.63, 3.8) is 0 Å². The third-order valence-electron chi connectivity index (χ3n) is 5.28. The van der Waals surface area contributed by atoms with Gasteiger partial charge < -0.3 is 20.3 Å². The Bertz CT molecular complexity index is 781. The summed E-state index contributed by atoms with van der Waals surface area (Å²) in [6.07, 6.45) is 1.73. The van der Waals surface area contributed by atoms with Gasteiger partial charge >= 0.3 is 6.09 Å². The monoisotopic (exact) mass is 465 g/mol. The molecule has 0 bridgehead atoms. The molecule has 0 saturated carbocycles. The average molecular weight is 466 g/mol. The van der Waals surface area contributed by atoms with E-state index in [1.54, 1.807) is 24.3 Å². The molecule has 1 heterocycles. The van der Waals surface area contributed by atoms with Crippen molar-refractivity contribution in [3.8, 4) is 0 Å². The summed E-state index contributed by atoms with van der Waals surface area (Å²) in [6, 6.07) is 6.04. The molecule has 1 aromatic carbocycles. The smallest absolute Gasteiger partial charge is 0.407 e. The number of piperidine rings is 1. The number of halogens is 1. The Balaban J connectivity index is 1.89. The Morgan fingerprint density at radius 1 is 1.12 bits per heavy atom. The highest BCUT2D eigenvalue weighted by Gasteiger charge is 2.30. The molecule has 0 aromatic heterocycles. The van der Waals surface area contributed by atoms with Gasteiger partial charge in [-0.05, 0) is 76.1 Å². The molecule has 1 aliphatic heterocycles. The van der Waals surface area contributed by atoms with Gasteiger partial charge in [0.15, 0.2) is 0 Å². The van der Waals surface area contributed by atoms with Crippen LogP contribution in [-0.2, 0) is 9.53 Å². The lowest BCUT2D eigenvalue weighted by atomic mass is 9.95. The number of rotatable bonds is 7. The van der Waals surface area contributed by atoms with Crippen LogP contribution in [0.3, 0.4) is 0 Å². The quantitative estimate of drug-likeness (QED) is 0.630. The Morgan fingerprint density at radius 3 is 2.25 bits per heavy atom. The van der Waals surface area contributed by atoms with E-state index in [9.17, 15) is 14.4 Å². The van der Waals surface area contributed by atoms with Gasteiger partial charge in [0.25, 0.3) is 5.91 Å². The highest BCUT2D eigenvalue weighted by Crippen LogP contribution is 2.19. The van der Waals surface area contributed by atoms with Crippen molar-refractivity contribution < 1.29 is 19.1 Å². The molecular weight excluding hydrogens is 430 g/mol. The van der Waals surface area contributed by atoms with Crippen molar-refractivity contribution in [3.05, 3.63) is 34.9 Å². The zero-order chi connectivity index (χ0) is 23.9. The van der Waals surface area contributed by atoms with E-state index in [4.69, 9.17) is 16.3 Å². The Kier molecular flexibility index (Phi) is 9.37. The van der Waals surface area contributed by atoms with Crippen LogP contribution in [0.25, 0.3) is 0 Å². The first kappa shape index (κ1) is 26.0. The molecule has 1 aromatic rings. The summed E-state index contributed by atoms with van der Waals surface area (Å²) in [6.45, 7) is 11.3. The zero-order valence-electron chi connectivity index (χ0n) is 19.7. The first-order valence-electron chi connectivity index (χ1n) is 11.3. The maximum absolute atomic E-state index is 13.2. The molecule has 8 heteroatoms. The van der Waals surface area contributed by atoms with E-state index in [0.717, 1.165) is 12.8 Å². The number of benzene rings is 1. The van der Waals surface area contributed by atoms with E-state index in [1.165, 1.54) is 0 Å². The van der Waals surface area contributed by atoms with Crippen molar-refractivity contribution in [2.24, 2.45) is 11.8 Å². The van der Waals surface area contributed by atoms with Crippen molar-refractivity contribution in [1.29, 1.82) is 0 Å². The highest BCUT2D eigenvalue weighted by atomic mass is 35.5. The maximum atomic E-state index is 13.2. The number of carbonyl (C=O) groups excluding carboxylic acids is 3. The van der Waals surface area contributed by atoms with E-state index < -0.39 is 17.7 Å². The predicted octanol–water partition coefficient (Wildman–Crippen LogP) is 4.25. The molecule has 1 atom stereocenters. The molecule has 1 aliphatic rings. The first-order valence-corrected chi connectivity index (χ1v) is 11.6. The normalized spacial score (nSPS) is 15.9. The summed E-state index contributed by atoms with van der Waals surface area (Å²) in [7, 11) is 0. The number of amides is 3. The fourth-order valence-electron chi connectivity index (χ4n) is 3.66.